The number of anilines is 1. The smallest absolute Gasteiger partial charge is 0.151 e. The first-order valence-corrected chi connectivity index (χ1v) is 7.97. The van der Waals surface area contributed by atoms with Gasteiger partial charge in [0.15, 0.2) is 6.17 Å². The van der Waals surface area contributed by atoms with Crippen molar-refractivity contribution in [3.8, 4) is 5.75 Å². The number of rotatable bonds is 3. The molecule has 0 amide bonds. The summed E-state index contributed by atoms with van der Waals surface area (Å²) < 4.78 is 5.27. The highest BCUT2D eigenvalue weighted by atomic mass is 16.5. The van der Waals surface area contributed by atoms with Crippen LogP contribution in [0.15, 0.2) is 83.9 Å². The lowest BCUT2D eigenvalue weighted by molar-refractivity contribution is 0.414. The van der Waals surface area contributed by atoms with Crippen LogP contribution in [-0.4, -0.2) is 7.11 Å². The fraction of sp³-hybridized carbons (Fsp3) is 0.0952. The molecule has 0 radical (unpaired) electrons. The summed E-state index contributed by atoms with van der Waals surface area (Å²) >= 11 is 0. The lowest BCUT2D eigenvalue weighted by Crippen LogP contribution is -2.37. The predicted molar refractivity (Wildman–Crippen MR) is 96.3 cm³/mol. The van der Waals surface area contributed by atoms with Crippen LogP contribution in [0.4, 0.5) is 5.69 Å². The average Bonchev–Trinajstić information content (AvgIpc) is 2.68. The van der Waals surface area contributed by atoms with E-state index in [9.17, 15) is 0 Å². The molecule has 0 N–H and O–H groups in total. The van der Waals surface area contributed by atoms with Crippen molar-refractivity contribution in [2.45, 2.75) is 6.17 Å². The summed E-state index contributed by atoms with van der Waals surface area (Å²) in [7, 11) is 1.68. The van der Waals surface area contributed by atoms with Crippen molar-refractivity contribution >= 4 is 11.9 Å². The Kier molecular flexibility index (Phi) is 3.75. The largest absolute Gasteiger partial charge is 0.497 e. The molecule has 3 heteroatoms. The molecule has 3 nitrogen and oxygen atoms in total. The van der Waals surface area contributed by atoms with Crippen LogP contribution in [0.3, 0.4) is 0 Å². The van der Waals surface area contributed by atoms with Crippen molar-refractivity contribution in [2.75, 3.05) is 12.0 Å². The van der Waals surface area contributed by atoms with Crippen LogP contribution in [-0.2, 0) is 0 Å². The average molecular weight is 314 g/mol. The molecule has 0 saturated carbocycles. The van der Waals surface area contributed by atoms with Gasteiger partial charge in [0, 0.05) is 17.1 Å². The normalized spacial score (nSPS) is 15.9. The molecule has 4 rings (SSSR count). The lowest BCUT2D eigenvalue weighted by Gasteiger charge is -2.30. The molecule has 0 fully saturated rings. The zero-order valence-corrected chi connectivity index (χ0v) is 13.5. The molecular weight excluding hydrogens is 296 g/mol. The number of fused-ring (bicyclic) bond motifs is 1. The maximum absolute atomic E-state index is 5.27. The summed E-state index contributed by atoms with van der Waals surface area (Å²) in [6, 6.07) is 26.7. The summed E-state index contributed by atoms with van der Waals surface area (Å²) in [6.45, 7) is 0. The first kappa shape index (κ1) is 14.5. The van der Waals surface area contributed by atoms with E-state index < -0.39 is 0 Å². The van der Waals surface area contributed by atoms with E-state index in [4.69, 9.17) is 9.73 Å². The molecule has 0 bridgehead atoms. The Morgan fingerprint density at radius 1 is 0.833 bits per heavy atom. The molecule has 0 saturated heterocycles. The molecule has 0 spiro atoms. The monoisotopic (exact) mass is 314 g/mol. The maximum atomic E-state index is 5.27. The Bertz CT molecular complexity index is 949. The number of hydrogen-bond donors (Lipinski definition) is 0. The molecule has 0 aliphatic carbocycles. The molecule has 1 atom stereocenters. The van der Waals surface area contributed by atoms with Crippen LogP contribution in [0.25, 0.3) is 6.20 Å². The summed E-state index contributed by atoms with van der Waals surface area (Å²) in [6.07, 6.45) is 2.08. The van der Waals surface area contributed by atoms with Crippen LogP contribution in [0, 0.1) is 0 Å². The fourth-order valence-corrected chi connectivity index (χ4v) is 2.96. The Hall–Kier alpha value is -3.07. The minimum absolute atomic E-state index is 0.0896. The van der Waals surface area contributed by atoms with Gasteiger partial charge in [-0.1, -0.05) is 48.5 Å². The Morgan fingerprint density at radius 3 is 2.29 bits per heavy atom. The number of nitrogens with zero attached hydrogens (tertiary/aromatic N) is 2. The molecular formula is C21H18N2O. The van der Waals surface area contributed by atoms with Gasteiger partial charge in [-0.15, -0.1) is 0 Å². The molecule has 0 aromatic heterocycles. The third-order valence-electron chi connectivity index (χ3n) is 4.21. The second-order valence-corrected chi connectivity index (χ2v) is 5.71. The summed E-state index contributed by atoms with van der Waals surface area (Å²) in [5, 5.41) is 2.15. The molecule has 118 valence electrons. The Morgan fingerprint density at radius 2 is 1.54 bits per heavy atom. The predicted octanol–water partition coefficient (Wildman–Crippen LogP) is 3.27. The lowest BCUT2D eigenvalue weighted by atomic mass is 10.1. The highest BCUT2D eigenvalue weighted by Crippen LogP contribution is 2.30. The van der Waals surface area contributed by atoms with E-state index in [0.717, 1.165) is 27.6 Å². The van der Waals surface area contributed by atoms with Gasteiger partial charge in [-0.05, 0) is 35.9 Å². The third kappa shape index (κ3) is 2.65. The van der Waals surface area contributed by atoms with Crippen molar-refractivity contribution in [1.29, 1.82) is 0 Å². The number of hydrogen-bond acceptors (Lipinski definition) is 3. The van der Waals surface area contributed by atoms with Crippen molar-refractivity contribution in [3.63, 3.8) is 0 Å². The first-order chi connectivity index (χ1) is 11.8. The van der Waals surface area contributed by atoms with Gasteiger partial charge in [-0.2, -0.15) is 0 Å². The van der Waals surface area contributed by atoms with Gasteiger partial charge in [0.1, 0.15) is 5.75 Å². The van der Waals surface area contributed by atoms with Gasteiger partial charge in [-0.25, -0.2) is 0 Å². The van der Waals surface area contributed by atoms with Crippen LogP contribution in [0.1, 0.15) is 11.7 Å². The topological polar surface area (TPSA) is 24.8 Å². The van der Waals surface area contributed by atoms with Gasteiger partial charge in [0.2, 0.25) is 0 Å². The zero-order valence-electron chi connectivity index (χ0n) is 13.5. The molecule has 1 heterocycles. The SMILES string of the molecule is COc1ccc(C2N=c3ccccc3=CN2c2ccccc2)cc1. The number of para-hydroxylation sites is 2. The van der Waals surface area contributed by atoms with Gasteiger partial charge < -0.3 is 9.64 Å². The maximum Gasteiger partial charge on any atom is 0.151 e. The van der Waals surface area contributed by atoms with E-state index >= 15 is 0 Å². The van der Waals surface area contributed by atoms with E-state index in [0.29, 0.717) is 0 Å². The van der Waals surface area contributed by atoms with Crippen molar-refractivity contribution in [2.24, 2.45) is 4.99 Å². The van der Waals surface area contributed by atoms with Gasteiger partial charge >= 0.3 is 0 Å². The molecule has 24 heavy (non-hydrogen) atoms. The standard InChI is InChI=1S/C21H18N2O/c1-24-19-13-11-16(12-14-19)21-22-20-10-6-5-7-17(20)15-23(21)18-8-3-2-4-9-18/h2-15,21H,1H3. The quantitative estimate of drug-likeness (QED) is 0.741. The van der Waals surface area contributed by atoms with Crippen LogP contribution < -0.4 is 20.2 Å². The van der Waals surface area contributed by atoms with Crippen molar-refractivity contribution < 1.29 is 4.74 Å². The summed E-state index contributed by atoms with van der Waals surface area (Å²) in [5.74, 6) is 0.852. The Balaban J connectivity index is 1.86. The van der Waals surface area contributed by atoms with Crippen molar-refractivity contribution in [1.82, 2.24) is 0 Å². The minimum atomic E-state index is -0.0896. The number of methoxy groups -OCH3 is 1. The van der Waals surface area contributed by atoms with Gasteiger partial charge in [0.25, 0.3) is 0 Å². The van der Waals surface area contributed by atoms with E-state index in [2.05, 4.69) is 59.6 Å². The molecule has 1 aliphatic rings. The fourth-order valence-electron chi connectivity index (χ4n) is 2.96. The number of ether oxygens (including phenoxy) is 1. The molecule has 3 aromatic carbocycles. The summed E-state index contributed by atoms with van der Waals surface area (Å²) in [5.41, 5.74) is 2.25. The first-order valence-electron chi connectivity index (χ1n) is 7.97. The molecule has 1 unspecified atom stereocenters. The molecule has 3 aromatic rings. The van der Waals surface area contributed by atoms with Crippen LogP contribution in [0.2, 0.25) is 0 Å². The van der Waals surface area contributed by atoms with Gasteiger partial charge in [0.05, 0.1) is 12.5 Å². The van der Waals surface area contributed by atoms with E-state index in [1.807, 2.05) is 30.3 Å². The zero-order chi connectivity index (χ0) is 16.4. The summed E-state index contributed by atoms with van der Waals surface area (Å²) in [4.78, 5) is 7.20. The van der Waals surface area contributed by atoms with E-state index in [1.165, 1.54) is 0 Å². The number of benzene rings is 3. The highest BCUT2D eigenvalue weighted by molar-refractivity contribution is 5.61. The van der Waals surface area contributed by atoms with E-state index in [1.54, 1.807) is 7.11 Å². The van der Waals surface area contributed by atoms with Crippen LogP contribution >= 0.6 is 0 Å². The Labute approximate surface area is 141 Å². The second-order valence-electron chi connectivity index (χ2n) is 5.71. The van der Waals surface area contributed by atoms with Gasteiger partial charge in [-0.3, -0.25) is 4.99 Å². The van der Waals surface area contributed by atoms with Crippen LogP contribution in [0.5, 0.6) is 5.75 Å². The van der Waals surface area contributed by atoms with Crippen molar-refractivity contribution in [3.05, 3.63) is 95.0 Å². The highest BCUT2D eigenvalue weighted by Gasteiger charge is 2.20. The van der Waals surface area contributed by atoms with E-state index in [-0.39, 0.29) is 6.17 Å². The third-order valence-corrected chi connectivity index (χ3v) is 4.21. The minimum Gasteiger partial charge on any atom is -0.497 e. The second kappa shape index (κ2) is 6.20. The molecule has 1 aliphatic heterocycles.